The third kappa shape index (κ3) is 3.80. The molecule has 0 aliphatic heterocycles. The zero-order chi connectivity index (χ0) is 19.3. The van der Waals surface area contributed by atoms with Crippen LogP contribution in [0.2, 0.25) is 0 Å². The van der Waals surface area contributed by atoms with Crippen molar-refractivity contribution in [3.63, 3.8) is 0 Å². The maximum Gasteiger partial charge on any atom is 0.316 e. The van der Waals surface area contributed by atoms with E-state index >= 15 is 0 Å². The van der Waals surface area contributed by atoms with Gasteiger partial charge in [-0.3, -0.25) is 9.36 Å². The number of hydrogen-bond donors (Lipinski definition) is 0. The molecule has 0 radical (unpaired) electrons. The molecule has 0 unspecified atom stereocenters. The first-order chi connectivity index (χ1) is 13.8. The van der Waals surface area contributed by atoms with Gasteiger partial charge in [0.05, 0.1) is 12.0 Å². The number of furan rings is 1. The van der Waals surface area contributed by atoms with Gasteiger partial charge in [0.25, 0.3) is 0 Å². The summed E-state index contributed by atoms with van der Waals surface area (Å²) in [7, 11) is 0. The highest BCUT2D eigenvalue weighted by atomic mass is 32.2. The second kappa shape index (κ2) is 8.31. The number of carbonyl (C=O) groups is 1. The summed E-state index contributed by atoms with van der Waals surface area (Å²) in [6.45, 7) is 2.92. The van der Waals surface area contributed by atoms with Crippen molar-refractivity contribution in [2.75, 3.05) is 5.75 Å². The molecule has 0 atom stereocenters. The van der Waals surface area contributed by atoms with Gasteiger partial charge in [-0.05, 0) is 35.4 Å². The van der Waals surface area contributed by atoms with Crippen molar-refractivity contribution >= 4 is 28.5 Å². The highest BCUT2D eigenvalue weighted by Crippen LogP contribution is 2.24. The van der Waals surface area contributed by atoms with Crippen LogP contribution in [-0.2, 0) is 22.7 Å². The number of benzene rings is 2. The van der Waals surface area contributed by atoms with Gasteiger partial charge in [-0.2, -0.15) is 0 Å². The molecule has 4 rings (SSSR count). The smallest absolute Gasteiger partial charge is 0.316 e. The summed E-state index contributed by atoms with van der Waals surface area (Å²) in [6.07, 6.45) is 1.60. The molecular formula is C21H19N3O3S. The maximum atomic E-state index is 12.2. The van der Waals surface area contributed by atoms with Gasteiger partial charge in [-0.15, -0.1) is 10.2 Å². The molecule has 0 bridgehead atoms. The average molecular weight is 393 g/mol. The van der Waals surface area contributed by atoms with Gasteiger partial charge < -0.3 is 9.15 Å². The van der Waals surface area contributed by atoms with Crippen LogP contribution >= 0.6 is 11.8 Å². The Morgan fingerprint density at radius 2 is 1.96 bits per heavy atom. The molecule has 2 aromatic heterocycles. The minimum atomic E-state index is -0.289. The summed E-state index contributed by atoms with van der Waals surface area (Å²) in [4.78, 5) is 12.2. The standard InChI is InChI=1S/C21H19N3O3S/c1-2-24-20(18-11-6-12-26-18)22-23-21(24)28-14-19(25)27-13-16-9-5-8-15-7-3-4-10-17(15)16/h3-12H,2,13-14H2,1H3. The number of thioether (sulfide) groups is 1. The van der Waals surface area contributed by atoms with Crippen LogP contribution in [0.15, 0.2) is 70.4 Å². The van der Waals surface area contributed by atoms with Gasteiger partial charge >= 0.3 is 5.97 Å². The fraction of sp³-hybridized carbons (Fsp3) is 0.190. The molecule has 28 heavy (non-hydrogen) atoms. The second-order valence-electron chi connectivity index (χ2n) is 6.12. The average Bonchev–Trinajstić information content (AvgIpc) is 3.39. The van der Waals surface area contributed by atoms with Crippen molar-refractivity contribution < 1.29 is 13.9 Å². The fourth-order valence-electron chi connectivity index (χ4n) is 3.01. The van der Waals surface area contributed by atoms with E-state index in [2.05, 4.69) is 10.2 Å². The Balaban J connectivity index is 1.39. The number of carbonyl (C=O) groups excluding carboxylic acids is 1. The second-order valence-corrected chi connectivity index (χ2v) is 7.06. The van der Waals surface area contributed by atoms with E-state index in [1.807, 2.05) is 66.1 Å². The van der Waals surface area contributed by atoms with E-state index < -0.39 is 0 Å². The Hall–Kier alpha value is -3.06. The van der Waals surface area contributed by atoms with E-state index in [0.717, 1.165) is 16.3 Å². The highest BCUT2D eigenvalue weighted by molar-refractivity contribution is 7.99. The summed E-state index contributed by atoms with van der Waals surface area (Å²) in [5.74, 6) is 1.18. The van der Waals surface area contributed by atoms with Crippen molar-refractivity contribution in [3.8, 4) is 11.6 Å². The van der Waals surface area contributed by atoms with E-state index in [4.69, 9.17) is 9.15 Å². The van der Waals surface area contributed by atoms with Crippen LogP contribution in [-0.4, -0.2) is 26.5 Å². The Morgan fingerprint density at radius 3 is 2.79 bits per heavy atom. The van der Waals surface area contributed by atoms with E-state index in [1.165, 1.54) is 11.8 Å². The van der Waals surface area contributed by atoms with Gasteiger partial charge in [0, 0.05) is 6.54 Å². The molecule has 0 saturated heterocycles. The fourth-order valence-corrected chi connectivity index (χ4v) is 3.81. The lowest BCUT2D eigenvalue weighted by atomic mass is 10.1. The SMILES string of the molecule is CCn1c(SCC(=O)OCc2cccc3ccccc23)nnc1-c1ccco1. The summed E-state index contributed by atoms with van der Waals surface area (Å²) < 4.78 is 12.8. The predicted molar refractivity (Wildman–Crippen MR) is 108 cm³/mol. The normalized spacial score (nSPS) is 11.0. The van der Waals surface area contributed by atoms with Crippen LogP contribution in [0.25, 0.3) is 22.4 Å². The quantitative estimate of drug-likeness (QED) is 0.339. The number of hydrogen-bond acceptors (Lipinski definition) is 6. The molecule has 0 aliphatic carbocycles. The summed E-state index contributed by atoms with van der Waals surface area (Å²) in [5.41, 5.74) is 0.994. The maximum absolute atomic E-state index is 12.2. The minimum Gasteiger partial charge on any atom is -0.461 e. The van der Waals surface area contributed by atoms with Crippen molar-refractivity contribution in [1.82, 2.24) is 14.8 Å². The lowest BCUT2D eigenvalue weighted by molar-refractivity contribution is -0.141. The number of nitrogens with zero attached hydrogens (tertiary/aromatic N) is 3. The number of ether oxygens (including phenoxy) is 1. The van der Waals surface area contributed by atoms with E-state index in [-0.39, 0.29) is 18.3 Å². The molecule has 2 heterocycles. The number of aromatic nitrogens is 3. The Kier molecular flexibility index (Phi) is 5.43. The molecule has 0 aliphatic rings. The third-order valence-electron chi connectivity index (χ3n) is 4.36. The zero-order valence-corrected chi connectivity index (χ0v) is 16.2. The van der Waals surface area contributed by atoms with Crippen LogP contribution in [0.1, 0.15) is 12.5 Å². The number of fused-ring (bicyclic) bond motifs is 1. The van der Waals surface area contributed by atoms with Gasteiger partial charge in [0.1, 0.15) is 6.61 Å². The largest absolute Gasteiger partial charge is 0.461 e. The molecule has 0 spiro atoms. The zero-order valence-electron chi connectivity index (χ0n) is 15.4. The molecule has 6 nitrogen and oxygen atoms in total. The molecule has 4 aromatic rings. The lowest BCUT2D eigenvalue weighted by Crippen LogP contribution is -2.09. The summed E-state index contributed by atoms with van der Waals surface area (Å²) >= 11 is 1.31. The van der Waals surface area contributed by atoms with Crippen LogP contribution in [0.3, 0.4) is 0 Å². The molecule has 2 aromatic carbocycles. The lowest BCUT2D eigenvalue weighted by Gasteiger charge is -2.08. The predicted octanol–water partition coefficient (Wildman–Crippen LogP) is 4.55. The highest BCUT2D eigenvalue weighted by Gasteiger charge is 2.16. The third-order valence-corrected chi connectivity index (χ3v) is 5.30. The van der Waals surface area contributed by atoms with Crippen molar-refractivity contribution in [3.05, 3.63) is 66.4 Å². The van der Waals surface area contributed by atoms with Crippen LogP contribution in [0, 0.1) is 0 Å². The Morgan fingerprint density at radius 1 is 1.11 bits per heavy atom. The van der Waals surface area contributed by atoms with Gasteiger partial charge in [0.15, 0.2) is 16.7 Å². The molecule has 0 fully saturated rings. The molecule has 7 heteroatoms. The van der Waals surface area contributed by atoms with Gasteiger partial charge in [-0.25, -0.2) is 0 Å². The summed E-state index contributed by atoms with van der Waals surface area (Å²) in [5, 5.41) is 11.3. The number of esters is 1. The van der Waals surface area contributed by atoms with E-state index in [0.29, 0.717) is 23.3 Å². The van der Waals surface area contributed by atoms with Crippen LogP contribution in [0.5, 0.6) is 0 Å². The molecule has 142 valence electrons. The van der Waals surface area contributed by atoms with Crippen molar-refractivity contribution in [2.45, 2.75) is 25.2 Å². The first kappa shape index (κ1) is 18.3. The summed E-state index contributed by atoms with van der Waals surface area (Å²) in [6, 6.07) is 17.7. The molecule has 0 amide bonds. The minimum absolute atomic E-state index is 0.168. The van der Waals surface area contributed by atoms with Gasteiger partial charge in [-0.1, -0.05) is 54.2 Å². The molecular weight excluding hydrogens is 374 g/mol. The van der Waals surface area contributed by atoms with Crippen LogP contribution in [0.4, 0.5) is 0 Å². The van der Waals surface area contributed by atoms with E-state index in [9.17, 15) is 4.79 Å². The van der Waals surface area contributed by atoms with Crippen molar-refractivity contribution in [2.24, 2.45) is 0 Å². The molecule has 0 saturated carbocycles. The first-order valence-corrected chi connectivity index (χ1v) is 9.97. The monoisotopic (exact) mass is 393 g/mol. The molecule has 0 N–H and O–H groups in total. The van der Waals surface area contributed by atoms with Gasteiger partial charge in [0.2, 0.25) is 0 Å². The van der Waals surface area contributed by atoms with Crippen molar-refractivity contribution in [1.29, 1.82) is 0 Å². The Bertz CT molecular complexity index is 1080. The Labute approximate surface area is 166 Å². The number of rotatable bonds is 7. The van der Waals surface area contributed by atoms with Crippen LogP contribution < -0.4 is 0 Å². The first-order valence-electron chi connectivity index (χ1n) is 8.98. The van der Waals surface area contributed by atoms with E-state index in [1.54, 1.807) is 6.26 Å². The topological polar surface area (TPSA) is 70.2 Å².